The number of para-hydroxylation sites is 1. The molecule has 4 rings (SSSR count). The normalized spacial score (nSPS) is 12.1. The van der Waals surface area contributed by atoms with E-state index >= 15 is 0 Å². The molecule has 0 aliphatic carbocycles. The third-order valence-corrected chi connectivity index (χ3v) is 6.43. The first-order valence-electron chi connectivity index (χ1n) is 10.1. The zero-order valence-electron chi connectivity index (χ0n) is 17.2. The van der Waals surface area contributed by atoms with Gasteiger partial charge in [-0.05, 0) is 55.3 Å². The van der Waals surface area contributed by atoms with Gasteiger partial charge in [0.2, 0.25) is 0 Å². The smallest absolute Gasteiger partial charge is 0.266 e. The fourth-order valence-corrected chi connectivity index (χ4v) is 4.49. The number of rotatable bonds is 6. The van der Waals surface area contributed by atoms with Gasteiger partial charge in [0.15, 0.2) is 10.9 Å². The Kier molecular flexibility index (Phi) is 6.25. The highest BCUT2D eigenvalue weighted by Crippen LogP contribution is 2.27. The maximum atomic E-state index is 13.3. The number of nitrogens with zero attached hydrogens (tertiary/aromatic N) is 2. The minimum absolute atomic E-state index is 0.00211. The lowest BCUT2D eigenvalue weighted by Gasteiger charge is -2.16. The van der Waals surface area contributed by atoms with E-state index in [-0.39, 0.29) is 11.3 Å². The van der Waals surface area contributed by atoms with Crippen LogP contribution in [0.1, 0.15) is 29.8 Å². The molecule has 4 nitrogen and oxygen atoms in total. The number of hydrogen-bond acceptors (Lipinski definition) is 4. The summed E-state index contributed by atoms with van der Waals surface area (Å²) in [5, 5.41) is 1.16. The number of halogens is 1. The first kappa shape index (κ1) is 21.3. The van der Waals surface area contributed by atoms with Crippen LogP contribution in [0.4, 0.5) is 0 Å². The minimum atomic E-state index is -0.418. The molecule has 1 heterocycles. The largest absolute Gasteiger partial charge is 0.293 e. The van der Waals surface area contributed by atoms with E-state index < -0.39 is 5.25 Å². The molecular formula is C25H21ClN2O2S. The van der Waals surface area contributed by atoms with Crippen molar-refractivity contribution >= 4 is 40.0 Å². The Morgan fingerprint density at radius 3 is 2.39 bits per heavy atom. The highest BCUT2D eigenvalue weighted by molar-refractivity contribution is 8.00. The summed E-state index contributed by atoms with van der Waals surface area (Å²) < 4.78 is 1.55. The number of aromatic nitrogens is 2. The van der Waals surface area contributed by atoms with Crippen molar-refractivity contribution in [3.63, 3.8) is 0 Å². The first-order chi connectivity index (χ1) is 15.0. The summed E-state index contributed by atoms with van der Waals surface area (Å²) in [6, 6.07) is 21.9. The second kappa shape index (κ2) is 9.08. The van der Waals surface area contributed by atoms with Gasteiger partial charge < -0.3 is 0 Å². The average molecular weight is 449 g/mol. The van der Waals surface area contributed by atoms with Crippen LogP contribution in [-0.4, -0.2) is 20.6 Å². The van der Waals surface area contributed by atoms with Gasteiger partial charge in [0.05, 0.1) is 21.8 Å². The molecule has 0 fully saturated rings. The molecule has 0 saturated heterocycles. The summed E-state index contributed by atoms with van der Waals surface area (Å²) in [6.07, 6.45) is 0.924. The lowest BCUT2D eigenvalue weighted by molar-refractivity contribution is 0.0994. The van der Waals surface area contributed by atoms with Crippen LogP contribution >= 0.6 is 23.4 Å². The van der Waals surface area contributed by atoms with Crippen LogP contribution in [0.15, 0.2) is 82.7 Å². The maximum Gasteiger partial charge on any atom is 0.266 e. The highest BCUT2D eigenvalue weighted by Gasteiger charge is 2.21. The van der Waals surface area contributed by atoms with Gasteiger partial charge in [-0.2, -0.15) is 0 Å². The molecule has 0 aliphatic heterocycles. The van der Waals surface area contributed by atoms with Gasteiger partial charge in [-0.1, -0.05) is 66.7 Å². The fourth-order valence-electron chi connectivity index (χ4n) is 3.36. The van der Waals surface area contributed by atoms with Gasteiger partial charge in [0.1, 0.15) is 0 Å². The van der Waals surface area contributed by atoms with Crippen molar-refractivity contribution in [2.45, 2.75) is 30.7 Å². The number of hydrogen-bond donors (Lipinski definition) is 0. The average Bonchev–Trinajstić information content (AvgIpc) is 2.80. The Bertz CT molecular complexity index is 1300. The molecule has 1 atom stereocenters. The maximum absolute atomic E-state index is 13.3. The van der Waals surface area contributed by atoms with Gasteiger partial charge in [-0.3, -0.25) is 14.2 Å². The van der Waals surface area contributed by atoms with Crippen molar-refractivity contribution in [3.8, 4) is 5.69 Å². The van der Waals surface area contributed by atoms with Crippen molar-refractivity contribution in [1.29, 1.82) is 0 Å². The molecule has 0 bridgehead atoms. The molecule has 1 aromatic heterocycles. The van der Waals surface area contributed by atoms with Gasteiger partial charge >= 0.3 is 0 Å². The molecule has 0 radical (unpaired) electrons. The Hall–Kier alpha value is -2.89. The van der Waals surface area contributed by atoms with Crippen LogP contribution in [0.3, 0.4) is 0 Å². The van der Waals surface area contributed by atoms with E-state index in [2.05, 4.69) is 6.92 Å². The minimum Gasteiger partial charge on any atom is -0.293 e. The van der Waals surface area contributed by atoms with E-state index in [9.17, 15) is 9.59 Å². The number of carbonyl (C=O) groups excluding carboxylic acids is 1. The number of benzene rings is 3. The molecule has 4 aromatic rings. The molecule has 0 N–H and O–H groups in total. The molecule has 6 heteroatoms. The Morgan fingerprint density at radius 2 is 1.71 bits per heavy atom. The topological polar surface area (TPSA) is 52.0 Å². The summed E-state index contributed by atoms with van der Waals surface area (Å²) in [5.74, 6) is -0.00211. The van der Waals surface area contributed by atoms with Gasteiger partial charge in [-0.25, -0.2) is 4.98 Å². The first-order valence-corrected chi connectivity index (χ1v) is 11.3. The zero-order valence-corrected chi connectivity index (χ0v) is 18.8. The summed E-state index contributed by atoms with van der Waals surface area (Å²) in [6.45, 7) is 3.92. The third kappa shape index (κ3) is 4.43. The standard InChI is InChI=1S/C25H21ClN2O2S/c1-3-17-8-10-18(11-9-17)23(29)16(2)31-25-27-22-7-5-4-6-21(22)24(30)28(25)20-14-12-19(26)13-15-20/h4-16H,3H2,1-2H3. The predicted molar refractivity (Wildman–Crippen MR) is 128 cm³/mol. The van der Waals surface area contributed by atoms with Gasteiger partial charge in [0.25, 0.3) is 5.56 Å². The number of Topliss-reactive ketones (excluding diaryl/α,β-unsaturated/α-hetero) is 1. The van der Waals surface area contributed by atoms with Crippen LogP contribution in [0.25, 0.3) is 16.6 Å². The van der Waals surface area contributed by atoms with E-state index in [4.69, 9.17) is 16.6 Å². The second-order valence-electron chi connectivity index (χ2n) is 7.20. The molecule has 1 unspecified atom stereocenters. The van der Waals surface area contributed by atoms with Crippen molar-refractivity contribution in [2.24, 2.45) is 0 Å². The van der Waals surface area contributed by atoms with E-state index in [0.29, 0.717) is 32.3 Å². The SMILES string of the molecule is CCc1ccc(C(=O)C(C)Sc2nc3ccccc3c(=O)n2-c2ccc(Cl)cc2)cc1. The monoisotopic (exact) mass is 448 g/mol. The van der Waals surface area contributed by atoms with Crippen LogP contribution in [0, 0.1) is 0 Å². The highest BCUT2D eigenvalue weighted by atomic mass is 35.5. The lowest BCUT2D eigenvalue weighted by Crippen LogP contribution is -2.23. The van der Waals surface area contributed by atoms with E-state index in [1.165, 1.54) is 17.3 Å². The van der Waals surface area contributed by atoms with Crippen molar-refractivity contribution in [2.75, 3.05) is 0 Å². The number of fused-ring (bicyclic) bond motifs is 1. The molecule has 0 amide bonds. The zero-order chi connectivity index (χ0) is 22.0. The van der Waals surface area contributed by atoms with E-state index in [0.717, 1.165) is 6.42 Å². The summed E-state index contributed by atoms with van der Waals surface area (Å²) in [7, 11) is 0. The molecule has 0 spiro atoms. The molecule has 156 valence electrons. The fraction of sp³-hybridized carbons (Fsp3) is 0.160. The molecule has 0 saturated carbocycles. The Balaban J connectivity index is 1.76. The number of carbonyl (C=O) groups is 1. The molecule has 0 aliphatic rings. The molecular weight excluding hydrogens is 428 g/mol. The van der Waals surface area contributed by atoms with Gasteiger partial charge in [0, 0.05) is 10.6 Å². The Morgan fingerprint density at radius 1 is 1.03 bits per heavy atom. The van der Waals surface area contributed by atoms with Crippen LogP contribution < -0.4 is 5.56 Å². The van der Waals surface area contributed by atoms with Gasteiger partial charge in [-0.15, -0.1) is 0 Å². The van der Waals surface area contributed by atoms with E-state index in [1.54, 1.807) is 34.9 Å². The van der Waals surface area contributed by atoms with Crippen molar-refractivity contribution in [3.05, 3.63) is 99.3 Å². The van der Waals surface area contributed by atoms with Crippen LogP contribution in [0.2, 0.25) is 5.02 Å². The molecule has 3 aromatic carbocycles. The van der Waals surface area contributed by atoms with Crippen molar-refractivity contribution in [1.82, 2.24) is 9.55 Å². The van der Waals surface area contributed by atoms with Crippen molar-refractivity contribution < 1.29 is 4.79 Å². The summed E-state index contributed by atoms with van der Waals surface area (Å²) in [5.41, 5.74) is 2.92. The number of ketones is 1. The number of thioether (sulfide) groups is 1. The molecule has 31 heavy (non-hydrogen) atoms. The second-order valence-corrected chi connectivity index (χ2v) is 8.95. The Labute approximate surface area is 189 Å². The summed E-state index contributed by atoms with van der Waals surface area (Å²) in [4.78, 5) is 31.1. The van der Waals surface area contributed by atoms with Crippen LogP contribution in [0.5, 0.6) is 0 Å². The lowest BCUT2D eigenvalue weighted by atomic mass is 10.1. The van der Waals surface area contributed by atoms with Crippen LogP contribution in [-0.2, 0) is 6.42 Å². The number of aryl methyl sites for hydroxylation is 1. The predicted octanol–water partition coefficient (Wildman–Crippen LogP) is 5.97. The third-order valence-electron chi connectivity index (χ3n) is 5.13. The quantitative estimate of drug-likeness (QED) is 0.207. The van der Waals surface area contributed by atoms with E-state index in [1.807, 2.05) is 49.4 Å². The summed E-state index contributed by atoms with van der Waals surface area (Å²) >= 11 is 7.32.